The van der Waals surface area contributed by atoms with Gasteiger partial charge in [0, 0.05) is 24.0 Å². The number of carboxylic acid groups (broad SMARTS) is 1. The number of aliphatic carboxylic acids is 1. The van der Waals surface area contributed by atoms with Gasteiger partial charge in [-0.2, -0.15) is 16.3 Å². The summed E-state index contributed by atoms with van der Waals surface area (Å²) in [5.41, 5.74) is 0.945. The number of carboxylic acids is 1. The van der Waals surface area contributed by atoms with E-state index < -0.39 is 5.97 Å². The maximum Gasteiger partial charge on any atom is 0.306 e. The summed E-state index contributed by atoms with van der Waals surface area (Å²) in [4.78, 5) is 17.2. The molecule has 0 bridgehead atoms. The number of morpholine rings is 1. The molecule has 0 aromatic carbocycles. The van der Waals surface area contributed by atoms with E-state index in [2.05, 4.69) is 15.0 Å². The zero-order valence-corrected chi connectivity index (χ0v) is 12.1. The molecule has 1 N–H and O–H groups in total. The van der Waals surface area contributed by atoms with Crippen LogP contribution in [0.5, 0.6) is 0 Å². The molecule has 112 valence electrons. The average Bonchev–Trinajstić information content (AvgIpc) is 3.08. The number of thiophene rings is 1. The number of ether oxygens (including phenoxy) is 1. The van der Waals surface area contributed by atoms with Crippen LogP contribution in [0.15, 0.2) is 21.3 Å². The first-order chi connectivity index (χ1) is 10.2. The van der Waals surface area contributed by atoms with Crippen molar-refractivity contribution in [1.29, 1.82) is 0 Å². The van der Waals surface area contributed by atoms with Crippen LogP contribution in [0.4, 0.5) is 0 Å². The molecule has 3 rings (SSSR count). The zero-order valence-electron chi connectivity index (χ0n) is 11.3. The molecule has 7 nitrogen and oxygen atoms in total. The molecule has 0 amide bonds. The smallest absolute Gasteiger partial charge is 0.306 e. The molecule has 1 fully saturated rings. The van der Waals surface area contributed by atoms with E-state index in [1.54, 1.807) is 11.3 Å². The molecule has 3 heterocycles. The fourth-order valence-electron chi connectivity index (χ4n) is 2.26. The minimum atomic E-state index is -0.848. The second-order valence-corrected chi connectivity index (χ2v) is 5.63. The summed E-state index contributed by atoms with van der Waals surface area (Å²) in [5, 5.41) is 16.7. The van der Waals surface area contributed by atoms with Gasteiger partial charge >= 0.3 is 5.97 Å². The Bertz CT molecular complexity index is 598. The van der Waals surface area contributed by atoms with E-state index in [0.717, 1.165) is 12.1 Å². The van der Waals surface area contributed by atoms with Crippen LogP contribution < -0.4 is 0 Å². The molecule has 1 atom stereocenters. The highest BCUT2D eigenvalue weighted by molar-refractivity contribution is 7.08. The molecular formula is C13H15N3O4S. The van der Waals surface area contributed by atoms with Crippen molar-refractivity contribution < 1.29 is 19.2 Å². The summed E-state index contributed by atoms with van der Waals surface area (Å²) in [7, 11) is 0. The lowest BCUT2D eigenvalue weighted by Crippen LogP contribution is -2.42. The molecule has 21 heavy (non-hydrogen) atoms. The molecule has 2 aromatic rings. The second kappa shape index (κ2) is 6.33. The Hall–Kier alpha value is -1.77. The number of rotatable bonds is 5. The largest absolute Gasteiger partial charge is 0.481 e. The van der Waals surface area contributed by atoms with E-state index in [1.165, 1.54) is 0 Å². The molecule has 0 spiro atoms. The van der Waals surface area contributed by atoms with Gasteiger partial charge in [0.25, 0.3) is 0 Å². The maximum atomic E-state index is 10.7. The van der Waals surface area contributed by atoms with Gasteiger partial charge in [0.2, 0.25) is 11.7 Å². The van der Waals surface area contributed by atoms with E-state index in [9.17, 15) is 4.79 Å². The predicted molar refractivity (Wildman–Crippen MR) is 74.9 cm³/mol. The third-order valence-corrected chi connectivity index (χ3v) is 3.91. The third-order valence-electron chi connectivity index (χ3n) is 3.23. The lowest BCUT2D eigenvalue weighted by molar-refractivity contribution is -0.142. The van der Waals surface area contributed by atoms with Crippen LogP contribution in [0.25, 0.3) is 11.4 Å². The number of nitrogens with zero attached hydrogens (tertiary/aromatic N) is 3. The summed E-state index contributed by atoms with van der Waals surface area (Å²) >= 11 is 1.58. The van der Waals surface area contributed by atoms with Gasteiger partial charge in [-0.1, -0.05) is 5.16 Å². The van der Waals surface area contributed by atoms with Crippen molar-refractivity contribution in [3.05, 3.63) is 22.7 Å². The molecule has 0 aliphatic carbocycles. The monoisotopic (exact) mass is 309 g/mol. The lowest BCUT2D eigenvalue weighted by atomic mass is 10.2. The van der Waals surface area contributed by atoms with Gasteiger partial charge in [0.15, 0.2) is 0 Å². The van der Waals surface area contributed by atoms with Crippen LogP contribution in [-0.4, -0.2) is 51.9 Å². The topological polar surface area (TPSA) is 88.7 Å². The summed E-state index contributed by atoms with van der Waals surface area (Å²) in [6.07, 6.45) is -0.268. The van der Waals surface area contributed by atoms with Crippen LogP contribution in [-0.2, 0) is 16.1 Å². The molecule has 1 aliphatic rings. The fraction of sp³-hybridized carbons (Fsp3) is 0.462. The number of aromatic nitrogens is 2. The Balaban J connectivity index is 1.60. The second-order valence-electron chi connectivity index (χ2n) is 4.85. The highest BCUT2D eigenvalue weighted by Gasteiger charge is 2.24. The van der Waals surface area contributed by atoms with Crippen molar-refractivity contribution in [3.63, 3.8) is 0 Å². The van der Waals surface area contributed by atoms with Crippen LogP contribution >= 0.6 is 11.3 Å². The summed E-state index contributed by atoms with van der Waals surface area (Å²) in [6, 6.07) is 1.94. The molecule has 1 unspecified atom stereocenters. The van der Waals surface area contributed by atoms with Crippen molar-refractivity contribution >= 4 is 17.3 Å². The Morgan fingerprint density at radius 3 is 3.24 bits per heavy atom. The van der Waals surface area contributed by atoms with Gasteiger partial charge in [-0.25, -0.2) is 0 Å². The van der Waals surface area contributed by atoms with Crippen LogP contribution in [0, 0.1) is 0 Å². The molecule has 0 radical (unpaired) electrons. The van der Waals surface area contributed by atoms with E-state index in [0.29, 0.717) is 31.4 Å². The molecule has 1 saturated heterocycles. The Morgan fingerprint density at radius 1 is 1.57 bits per heavy atom. The van der Waals surface area contributed by atoms with Gasteiger partial charge in [-0.3, -0.25) is 9.69 Å². The number of hydrogen-bond donors (Lipinski definition) is 1. The normalized spacial score (nSPS) is 19.7. The maximum absolute atomic E-state index is 10.7. The first kappa shape index (κ1) is 14.2. The average molecular weight is 309 g/mol. The van der Waals surface area contributed by atoms with E-state index in [4.69, 9.17) is 14.4 Å². The Labute approximate surface area is 125 Å². The van der Waals surface area contributed by atoms with Crippen molar-refractivity contribution in [3.8, 4) is 11.4 Å². The van der Waals surface area contributed by atoms with Crippen molar-refractivity contribution in [1.82, 2.24) is 15.0 Å². The Morgan fingerprint density at radius 2 is 2.48 bits per heavy atom. The fourth-order valence-corrected chi connectivity index (χ4v) is 2.90. The van der Waals surface area contributed by atoms with Gasteiger partial charge in [0.1, 0.15) is 0 Å². The molecule has 0 saturated carbocycles. The van der Waals surface area contributed by atoms with Crippen LogP contribution in [0.2, 0.25) is 0 Å². The quantitative estimate of drug-likeness (QED) is 0.894. The van der Waals surface area contributed by atoms with Crippen molar-refractivity contribution in [2.45, 2.75) is 19.1 Å². The third kappa shape index (κ3) is 3.66. The number of carbonyl (C=O) groups is 1. The predicted octanol–water partition coefficient (Wildman–Crippen LogP) is 1.47. The van der Waals surface area contributed by atoms with E-state index in [1.807, 2.05) is 16.8 Å². The summed E-state index contributed by atoms with van der Waals surface area (Å²) in [6.45, 7) is 2.31. The summed E-state index contributed by atoms with van der Waals surface area (Å²) < 4.78 is 10.7. The van der Waals surface area contributed by atoms with Gasteiger partial charge in [0.05, 0.1) is 25.7 Å². The van der Waals surface area contributed by atoms with Crippen molar-refractivity contribution in [2.24, 2.45) is 0 Å². The highest BCUT2D eigenvalue weighted by atomic mass is 32.1. The van der Waals surface area contributed by atoms with Crippen LogP contribution in [0.1, 0.15) is 12.3 Å². The molecule has 8 heteroatoms. The van der Waals surface area contributed by atoms with Gasteiger partial charge < -0.3 is 14.4 Å². The van der Waals surface area contributed by atoms with Gasteiger partial charge in [-0.05, 0) is 11.4 Å². The highest BCUT2D eigenvalue weighted by Crippen LogP contribution is 2.19. The van der Waals surface area contributed by atoms with E-state index >= 15 is 0 Å². The van der Waals surface area contributed by atoms with Crippen molar-refractivity contribution in [2.75, 3.05) is 19.7 Å². The van der Waals surface area contributed by atoms with E-state index in [-0.39, 0.29) is 12.5 Å². The first-order valence-electron chi connectivity index (χ1n) is 6.61. The van der Waals surface area contributed by atoms with Crippen LogP contribution in [0.3, 0.4) is 0 Å². The molecule has 1 aliphatic heterocycles. The molecule has 2 aromatic heterocycles. The first-order valence-corrected chi connectivity index (χ1v) is 7.56. The molecular weight excluding hydrogens is 294 g/mol. The van der Waals surface area contributed by atoms with Gasteiger partial charge in [-0.15, -0.1) is 0 Å². The Kier molecular flexibility index (Phi) is 4.28. The zero-order chi connectivity index (χ0) is 14.7. The number of hydrogen-bond acceptors (Lipinski definition) is 7. The minimum Gasteiger partial charge on any atom is -0.481 e. The SMILES string of the molecule is O=C(O)CC1CN(Cc2nc(-c3ccsc3)no2)CCO1. The lowest BCUT2D eigenvalue weighted by Gasteiger charge is -2.31. The standard InChI is InChI=1S/C13H15N3O4S/c17-12(18)5-10-6-16(2-3-19-10)7-11-14-13(15-20-11)9-1-4-21-8-9/h1,4,8,10H,2-3,5-7H2,(H,17,18). The summed E-state index contributed by atoms with van der Waals surface area (Å²) in [5.74, 6) is 0.271. The minimum absolute atomic E-state index is 0.0144.